The van der Waals surface area contributed by atoms with E-state index in [1.54, 1.807) is 30.2 Å². The van der Waals surface area contributed by atoms with E-state index in [2.05, 4.69) is 12.6 Å². The molecule has 28 heavy (non-hydrogen) atoms. The second kappa shape index (κ2) is 7.99. The monoisotopic (exact) mass is 399 g/mol. The lowest BCUT2D eigenvalue weighted by Gasteiger charge is -2.37. The number of halogens is 1. The van der Waals surface area contributed by atoms with Gasteiger partial charge in [-0.15, -0.1) is 0 Å². The van der Waals surface area contributed by atoms with E-state index in [-0.39, 0.29) is 12.4 Å². The zero-order chi connectivity index (χ0) is 20.4. The Bertz CT molecular complexity index is 943. The number of nitrogens with zero attached hydrogens (tertiary/aromatic N) is 2. The fraction of sp³-hybridized carbons (Fsp3) is 0.333. The fourth-order valence-corrected chi connectivity index (χ4v) is 4.06. The second-order valence-electron chi connectivity index (χ2n) is 6.67. The molecule has 0 radical (unpaired) electrons. The first-order valence-corrected chi connectivity index (χ1v) is 9.33. The maximum Gasteiger partial charge on any atom is 0.180 e. The van der Waals surface area contributed by atoms with E-state index in [0.717, 1.165) is 18.5 Å². The lowest BCUT2D eigenvalue weighted by atomic mass is 9.76. The van der Waals surface area contributed by atoms with Gasteiger partial charge < -0.3 is 20.1 Å². The number of hydrogen-bond donors (Lipinski definition) is 1. The van der Waals surface area contributed by atoms with Crippen molar-refractivity contribution in [2.24, 2.45) is 5.73 Å². The zero-order valence-electron chi connectivity index (χ0n) is 15.9. The van der Waals surface area contributed by atoms with Crippen LogP contribution in [0.25, 0.3) is 0 Å². The average molecular weight is 400 g/mol. The Morgan fingerprint density at radius 2 is 2.21 bits per heavy atom. The van der Waals surface area contributed by atoms with Gasteiger partial charge in [0.15, 0.2) is 17.3 Å². The molecule has 0 unspecified atom stereocenters. The van der Waals surface area contributed by atoms with Crippen molar-refractivity contribution in [3.05, 3.63) is 58.0 Å². The molecule has 1 aromatic carbocycles. The van der Waals surface area contributed by atoms with Gasteiger partial charge in [-0.3, -0.25) is 4.79 Å². The van der Waals surface area contributed by atoms with Crippen LogP contribution in [-0.4, -0.2) is 31.4 Å². The molecule has 7 heteroatoms. The molecule has 6 nitrogen and oxygen atoms in total. The first-order valence-electron chi connectivity index (χ1n) is 8.95. The van der Waals surface area contributed by atoms with Crippen molar-refractivity contribution in [1.29, 1.82) is 5.26 Å². The van der Waals surface area contributed by atoms with Gasteiger partial charge in [0.1, 0.15) is 12.4 Å². The number of nitriles is 1. The van der Waals surface area contributed by atoms with Gasteiger partial charge in [0, 0.05) is 24.7 Å². The van der Waals surface area contributed by atoms with E-state index in [0.29, 0.717) is 45.5 Å². The highest BCUT2D eigenvalue weighted by molar-refractivity contribution is 6.32. The highest BCUT2D eigenvalue weighted by atomic mass is 35.5. The van der Waals surface area contributed by atoms with Crippen LogP contribution in [0.15, 0.2) is 47.5 Å². The average Bonchev–Trinajstić information content (AvgIpc) is 2.69. The molecular formula is C21H22ClN3O3. The Kier molecular flexibility index (Phi) is 5.66. The second-order valence-corrected chi connectivity index (χ2v) is 7.08. The van der Waals surface area contributed by atoms with Crippen LogP contribution in [0.4, 0.5) is 0 Å². The lowest BCUT2D eigenvalue weighted by molar-refractivity contribution is -0.116. The maximum atomic E-state index is 12.8. The molecule has 0 bridgehead atoms. The van der Waals surface area contributed by atoms with E-state index in [4.69, 9.17) is 26.8 Å². The van der Waals surface area contributed by atoms with Crippen molar-refractivity contribution in [2.75, 3.05) is 20.8 Å². The van der Waals surface area contributed by atoms with E-state index in [1.165, 1.54) is 7.11 Å². The minimum absolute atomic E-state index is 0.0282. The summed E-state index contributed by atoms with van der Waals surface area (Å²) in [5.41, 5.74) is 8.72. The van der Waals surface area contributed by atoms with E-state index in [9.17, 15) is 10.1 Å². The van der Waals surface area contributed by atoms with Crippen LogP contribution in [0.3, 0.4) is 0 Å². The van der Waals surface area contributed by atoms with Gasteiger partial charge in [0.05, 0.1) is 29.7 Å². The molecule has 0 saturated heterocycles. The van der Waals surface area contributed by atoms with Crippen LogP contribution >= 0.6 is 11.6 Å². The van der Waals surface area contributed by atoms with Crippen molar-refractivity contribution in [2.45, 2.75) is 25.2 Å². The van der Waals surface area contributed by atoms with Gasteiger partial charge in [-0.05, 0) is 30.5 Å². The number of carbonyl (C=O) groups is 1. The van der Waals surface area contributed by atoms with E-state index in [1.807, 2.05) is 0 Å². The molecule has 1 heterocycles. The van der Waals surface area contributed by atoms with Crippen molar-refractivity contribution in [1.82, 2.24) is 4.90 Å². The van der Waals surface area contributed by atoms with Crippen molar-refractivity contribution in [3.63, 3.8) is 0 Å². The Labute approximate surface area is 169 Å². The van der Waals surface area contributed by atoms with Gasteiger partial charge in [-0.25, -0.2) is 0 Å². The third-order valence-corrected chi connectivity index (χ3v) is 5.38. The molecule has 0 aromatic heterocycles. The Balaban J connectivity index is 2.20. The van der Waals surface area contributed by atoms with Crippen LogP contribution in [-0.2, 0) is 4.79 Å². The summed E-state index contributed by atoms with van der Waals surface area (Å²) in [6.07, 6.45) is 3.56. The fourth-order valence-electron chi connectivity index (χ4n) is 3.78. The number of nitrogens with two attached hydrogens (primary N) is 1. The number of ether oxygens (including phenoxy) is 2. The number of methoxy groups -OCH3 is 1. The number of carbonyl (C=O) groups excluding carboxylic acids is 1. The summed E-state index contributed by atoms with van der Waals surface area (Å²) >= 11 is 6.45. The summed E-state index contributed by atoms with van der Waals surface area (Å²) in [5.74, 6) is 0.609. The predicted molar refractivity (Wildman–Crippen MR) is 107 cm³/mol. The van der Waals surface area contributed by atoms with E-state index < -0.39 is 5.92 Å². The normalized spacial score (nSPS) is 19.3. The van der Waals surface area contributed by atoms with E-state index >= 15 is 0 Å². The number of allylic oxidation sites excluding steroid dienone is 3. The SMILES string of the molecule is C=CCOc1c(Cl)cc([C@H]2C(C#N)=C(N)N(C)C3=C2C(=O)CCC3)cc1OC. The molecule has 0 amide bonds. The summed E-state index contributed by atoms with van der Waals surface area (Å²) in [5, 5.41) is 10.1. The molecule has 3 rings (SSSR count). The molecule has 0 fully saturated rings. The Morgan fingerprint density at radius 3 is 2.86 bits per heavy atom. The minimum Gasteiger partial charge on any atom is -0.493 e. The molecule has 1 aliphatic heterocycles. The quantitative estimate of drug-likeness (QED) is 0.760. The van der Waals surface area contributed by atoms with Crippen LogP contribution in [0, 0.1) is 11.3 Å². The van der Waals surface area contributed by atoms with Gasteiger partial charge in [-0.2, -0.15) is 5.26 Å². The molecule has 2 aliphatic rings. The van der Waals surface area contributed by atoms with Gasteiger partial charge in [0.25, 0.3) is 0 Å². The van der Waals surface area contributed by atoms with Crippen LogP contribution in [0.2, 0.25) is 5.02 Å². The largest absolute Gasteiger partial charge is 0.493 e. The zero-order valence-corrected chi connectivity index (χ0v) is 16.7. The lowest BCUT2D eigenvalue weighted by Crippen LogP contribution is -2.36. The van der Waals surface area contributed by atoms with Crippen molar-refractivity contribution in [3.8, 4) is 17.6 Å². The molecule has 146 valence electrons. The summed E-state index contributed by atoms with van der Waals surface area (Å²) < 4.78 is 11.1. The molecule has 1 atom stereocenters. The maximum absolute atomic E-state index is 12.8. The van der Waals surface area contributed by atoms with Gasteiger partial charge >= 0.3 is 0 Å². The third-order valence-electron chi connectivity index (χ3n) is 5.10. The number of ketones is 1. The molecule has 0 spiro atoms. The summed E-state index contributed by atoms with van der Waals surface area (Å²) in [6.45, 7) is 3.90. The molecule has 1 aromatic rings. The van der Waals surface area contributed by atoms with Gasteiger partial charge in [0.2, 0.25) is 0 Å². The standard InChI is InChI=1S/C21H22ClN3O3/c1-4-8-28-20-14(22)9-12(10-17(20)27-3)18-13(11-23)21(24)25(2)15-6-5-7-16(26)19(15)18/h4,9-10,18H,1,5-8,24H2,2-3H3/t18-/m0/s1. The van der Waals surface area contributed by atoms with Crippen LogP contribution < -0.4 is 15.2 Å². The van der Waals surface area contributed by atoms with Crippen molar-refractivity contribution < 1.29 is 14.3 Å². The molecule has 2 N–H and O–H groups in total. The Morgan fingerprint density at radius 1 is 1.46 bits per heavy atom. The Hall–Kier alpha value is -2.91. The number of Topliss-reactive ketones (excluding diaryl/α,β-unsaturated/α-hetero) is 1. The number of benzene rings is 1. The first-order chi connectivity index (χ1) is 13.4. The molecular weight excluding hydrogens is 378 g/mol. The number of hydrogen-bond acceptors (Lipinski definition) is 6. The third kappa shape index (κ3) is 3.23. The highest BCUT2D eigenvalue weighted by Crippen LogP contribution is 2.47. The van der Waals surface area contributed by atoms with Crippen LogP contribution in [0.5, 0.6) is 11.5 Å². The predicted octanol–water partition coefficient (Wildman–Crippen LogP) is 3.64. The smallest absolute Gasteiger partial charge is 0.180 e. The molecule has 1 aliphatic carbocycles. The minimum atomic E-state index is -0.580. The highest BCUT2D eigenvalue weighted by Gasteiger charge is 2.39. The summed E-state index contributed by atoms with van der Waals surface area (Å²) in [7, 11) is 3.30. The van der Waals surface area contributed by atoms with Crippen LogP contribution in [0.1, 0.15) is 30.7 Å². The molecule has 0 saturated carbocycles. The topological polar surface area (TPSA) is 88.6 Å². The summed E-state index contributed by atoms with van der Waals surface area (Å²) in [4.78, 5) is 14.6. The first kappa shape index (κ1) is 19.8. The summed E-state index contributed by atoms with van der Waals surface area (Å²) in [6, 6.07) is 5.64. The van der Waals surface area contributed by atoms with Crippen molar-refractivity contribution >= 4 is 17.4 Å². The number of rotatable bonds is 5. The van der Waals surface area contributed by atoms with Gasteiger partial charge in [-0.1, -0.05) is 24.3 Å².